The normalized spacial score (nSPS) is 9.17. The molecular weight excluding hydrogens is 174 g/mol. The predicted octanol–water partition coefficient (Wildman–Crippen LogP) is 2.07. The number of rotatable bonds is 3. The lowest BCUT2D eigenvalue weighted by atomic mass is 10.3. The van der Waals surface area contributed by atoms with E-state index in [0.717, 1.165) is 5.75 Å². The third-order valence-electron chi connectivity index (χ3n) is 1.49. The molecule has 64 valence electrons. The maximum absolute atomic E-state index is 5.04. The van der Waals surface area contributed by atoms with Gasteiger partial charge in [-0.15, -0.1) is 0 Å². The van der Waals surface area contributed by atoms with Crippen molar-refractivity contribution in [2.75, 3.05) is 14.2 Å². The van der Waals surface area contributed by atoms with E-state index >= 15 is 0 Å². The highest BCUT2D eigenvalue weighted by Gasteiger charge is 2.02. The van der Waals surface area contributed by atoms with Crippen molar-refractivity contribution in [1.82, 2.24) is 0 Å². The van der Waals surface area contributed by atoms with Crippen molar-refractivity contribution in [3.05, 3.63) is 18.2 Å². The van der Waals surface area contributed by atoms with Crippen molar-refractivity contribution >= 4 is 18.1 Å². The fraction of sp³-hybridized carbons (Fsp3) is 0.250. The Morgan fingerprint density at radius 1 is 1.25 bits per heavy atom. The summed E-state index contributed by atoms with van der Waals surface area (Å²) in [5, 5.41) is 0. The first kappa shape index (κ1) is 8.93. The molecule has 0 saturated carbocycles. The molecule has 0 radical (unpaired) electrons. The van der Waals surface area contributed by atoms with Gasteiger partial charge in [-0.25, -0.2) is 0 Å². The molecule has 0 aliphatic rings. The molecule has 0 bridgehead atoms. The van der Waals surface area contributed by atoms with Gasteiger partial charge in [-0.3, -0.25) is 0 Å². The van der Waals surface area contributed by atoms with Gasteiger partial charge in [-0.05, 0) is 12.1 Å². The van der Waals surface area contributed by atoms with Gasteiger partial charge in [-0.1, -0.05) is 0 Å². The zero-order chi connectivity index (χ0) is 8.97. The smallest absolute Gasteiger partial charge is 0.149 e. The largest absolute Gasteiger partial charge is 0.497 e. The molecule has 0 spiro atoms. The Balaban J connectivity index is 3.10. The molecule has 4 heteroatoms. The van der Waals surface area contributed by atoms with E-state index in [2.05, 4.69) is 16.8 Å². The van der Waals surface area contributed by atoms with Crippen molar-refractivity contribution < 1.29 is 9.47 Å². The van der Waals surface area contributed by atoms with E-state index in [1.807, 2.05) is 0 Å². The molecule has 0 saturated heterocycles. The van der Waals surface area contributed by atoms with Crippen molar-refractivity contribution in [1.29, 1.82) is 0 Å². The van der Waals surface area contributed by atoms with E-state index in [1.165, 1.54) is 0 Å². The van der Waals surface area contributed by atoms with Gasteiger partial charge < -0.3 is 9.47 Å². The molecule has 3 nitrogen and oxygen atoms in total. The molecule has 0 unspecified atom stereocenters. The summed E-state index contributed by atoms with van der Waals surface area (Å²) in [7, 11) is 3.16. The molecule has 1 aromatic rings. The first-order chi connectivity index (χ1) is 5.81. The van der Waals surface area contributed by atoms with Crippen LogP contribution < -0.4 is 9.47 Å². The number of hydrogen-bond acceptors (Lipinski definition) is 4. The first-order valence-corrected chi connectivity index (χ1v) is 3.73. The monoisotopic (exact) mass is 183 g/mol. The Morgan fingerprint density at radius 3 is 2.50 bits per heavy atom. The van der Waals surface area contributed by atoms with Gasteiger partial charge in [0, 0.05) is 18.5 Å². The highest BCUT2D eigenvalue weighted by Crippen LogP contribution is 2.30. The van der Waals surface area contributed by atoms with Crippen LogP contribution in [-0.2, 0) is 12.4 Å². The lowest BCUT2D eigenvalue weighted by Gasteiger charge is -2.05. The Labute approximate surface area is 76.5 Å². The van der Waals surface area contributed by atoms with Gasteiger partial charge in [0.25, 0.3) is 0 Å². The molecule has 1 rings (SSSR count). The average molecular weight is 183 g/mol. The molecule has 0 heterocycles. The molecule has 0 fully saturated rings. The van der Waals surface area contributed by atoms with Crippen LogP contribution in [0.2, 0.25) is 0 Å². The van der Waals surface area contributed by atoms with Gasteiger partial charge >= 0.3 is 0 Å². The van der Waals surface area contributed by atoms with Crippen LogP contribution in [0.4, 0.5) is 5.69 Å². The minimum Gasteiger partial charge on any atom is -0.497 e. The highest BCUT2D eigenvalue weighted by molar-refractivity contribution is 7.47. The summed E-state index contributed by atoms with van der Waals surface area (Å²) in [5.41, 5.74) is 0.647. The van der Waals surface area contributed by atoms with Crippen LogP contribution in [0, 0.1) is 0 Å². The van der Waals surface area contributed by atoms with Gasteiger partial charge in [0.15, 0.2) is 0 Å². The van der Waals surface area contributed by atoms with Crippen LogP contribution in [0.25, 0.3) is 0 Å². The summed E-state index contributed by atoms with van der Waals surface area (Å²) >= 11 is 4.56. The third-order valence-corrected chi connectivity index (χ3v) is 1.68. The van der Waals surface area contributed by atoms with Crippen LogP contribution >= 0.6 is 0 Å². The van der Waals surface area contributed by atoms with E-state index in [9.17, 15) is 0 Å². The van der Waals surface area contributed by atoms with Gasteiger partial charge in [0.05, 0.1) is 14.2 Å². The SMILES string of the molecule is COc1ccc(N=S)c(OC)c1. The maximum atomic E-state index is 5.04. The summed E-state index contributed by atoms with van der Waals surface area (Å²) in [5.74, 6) is 1.36. The van der Waals surface area contributed by atoms with Crippen LogP contribution in [0.5, 0.6) is 11.5 Å². The Morgan fingerprint density at radius 2 is 2.00 bits per heavy atom. The topological polar surface area (TPSA) is 30.8 Å². The van der Waals surface area contributed by atoms with E-state index < -0.39 is 0 Å². The minimum atomic E-state index is 0.629. The van der Waals surface area contributed by atoms with Gasteiger partial charge in [0.1, 0.15) is 17.2 Å². The summed E-state index contributed by atoms with van der Waals surface area (Å²) in [6, 6.07) is 5.28. The summed E-state index contributed by atoms with van der Waals surface area (Å²) in [6.07, 6.45) is 0. The third kappa shape index (κ3) is 1.71. The van der Waals surface area contributed by atoms with Gasteiger partial charge in [-0.2, -0.15) is 4.36 Å². The number of methoxy groups -OCH3 is 2. The number of nitrogens with zero attached hydrogens (tertiary/aromatic N) is 1. The molecular formula is C8H9NO2S. The van der Waals surface area contributed by atoms with Crippen molar-refractivity contribution in [3.63, 3.8) is 0 Å². The number of ether oxygens (including phenoxy) is 2. The quantitative estimate of drug-likeness (QED) is 0.718. The Kier molecular flexibility index (Phi) is 2.99. The Bertz CT molecular complexity index is 288. The van der Waals surface area contributed by atoms with Crippen LogP contribution in [-0.4, -0.2) is 14.2 Å². The number of hydrogen-bond donors (Lipinski definition) is 0. The van der Waals surface area contributed by atoms with E-state index in [-0.39, 0.29) is 0 Å². The van der Waals surface area contributed by atoms with E-state index in [4.69, 9.17) is 9.47 Å². The molecule has 0 aromatic heterocycles. The van der Waals surface area contributed by atoms with Crippen LogP contribution in [0.15, 0.2) is 22.6 Å². The molecule has 0 atom stereocenters. The molecule has 12 heavy (non-hydrogen) atoms. The van der Waals surface area contributed by atoms with Crippen molar-refractivity contribution in [2.24, 2.45) is 4.36 Å². The average Bonchev–Trinajstić information content (AvgIpc) is 2.16. The molecule has 0 N–H and O–H groups in total. The Hall–Kier alpha value is -1.16. The van der Waals surface area contributed by atoms with Crippen LogP contribution in [0.3, 0.4) is 0 Å². The minimum absolute atomic E-state index is 0.629. The fourth-order valence-corrected chi connectivity index (χ4v) is 1.01. The summed E-state index contributed by atoms with van der Waals surface area (Å²) < 4.78 is 13.7. The summed E-state index contributed by atoms with van der Waals surface area (Å²) in [4.78, 5) is 0. The summed E-state index contributed by atoms with van der Waals surface area (Å²) in [6.45, 7) is 0. The highest BCUT2D eigenvalue weighted by atomic mass is 32.1. The molecule has 0 aliphatic heterocycles. The fourth-order valence-electron chi connectivity index (χ4n) is 0.860. The predicted molar refractivity (Wildman–Crippen MR) is 49.0 cm³/mol. The lowest BCUT2D eigenvalue weighted by Crippen LogP contribution is -1.86. The van der Waals surface area contributed by atoms with E-state index in [0.29, 0.717) is 11.4 Å². The second-order valence-corrected chi connectivity index (χ2v) is 2.31. The van der Waals surface area contributed by atoms with Crippen LogP contribution in [0.1, 0.15) is 0 Å². The zero-order valence-corrected chi connectivity index (χ0v) is 7.72. The number of benzene rings is 1. The van der Waals surface area contributed by atoms with E-state index in [1.54, 1.807) is 32.4 Å². The standard InChI is InChI=1S/C8H9NO2S/c1-10-6-3-4-7(9-12)8(5-6)11-2/h3-5H,1-2H3. The molecule has 1 aromatic carbocycles. The molecule has 0 amide bonds. The van der Waals surface area contributed by atoms with Crippen molar-refractivity contribution in [3.8, 4) is 11.5 Å². The second kappa shape index (κ2) is 4.01. The molecule has 0 aliphatic carbocycles. The maximum Gasteiger partial charge on any atom is 0.149 e. The van der Waals surface area contributed by atoms with Crippen molar-refractivity contribution in [2.45, 2.75) is 0 Å². The van der Waals surface area contributed by atoms with Gasteiger partial charge in [0.2, 0.25) is 0 Å². The second-order valence-electron chi connectivity index (χ2n) is 2.13. The zero-order valence-electron chi connectivity index (χ0n) is 6.90. The first-order valence-electron chi connectivity index (χ1n) is 3.37. The lowest BCUT2D eigenvalue weighted by molar-refractivity contribution is 0.395.